The second-order valence-electron chi connectivity index (χ2n) is 2.90. The van der Waals surface area contributed by atoms with Crippen LogP contribution in [0.3, 0.4) is 0 Å². The Bertz CT molecular complexity index is 412. The first-order valence-corrected chi connectivity index (χ1v) is 4.24. The van der Waals surface area contributed by atoms with E-state index in [1.807, 2.05) is 18.2 Å². The van der Waals surface area contributed by atoms with Crippen LogP contribution in [0.15, 0.2) is 28.9 Å². The molecule has 14 heavy (non-hydrogen) atoms. The smallest absolute Gasteiger partial charge is 0.223 e. The molecule has 0 aliphatic heterocycles. The van der Waals surface area contributed by atoms with Crippen molar-refractivity contribution >= 4 is 0 Å². The molecule has 1 atom stereocenters. The Morgan fingerprint density at radius 3 is 2.86 bits per heavy atom. The second-order valence-corrected chi connectivity index (χ2v) is 2.90. The molecule has 1 unspecified atom stereocenters. The molecule has 0 aliphatic rings. The van der Waals surface area contributed by atoms with Crippen molar-refractivity contribution in [2.75, 3.05) is 0 Å². The van der Waals surface area contributed by atoms with Gasteiger partial charge in [0.15, 0.2) is 5.82 Å². The molecule has 0 bridgehead atoms. The van der Waals surface area contributed by atoms with Crippen molar-refractivity contribution in [2.24, 2.45) is 5.73 Å². The van der Waals surface area contributed by atoms with Crippen LogP contribution < -0.4 is 5.73 Å². The monoisotopic (exact) mass is 190 g/mol. The van der Waals surface area contributed by atoms with E-state index in [0.29, 0.717) is 11.7 Å². The molecular weight excluding hydrogens is 180 g/mol. The van der Waals surface area contributed by atoms with Gasteiger partial charge in [0, 0.05) is 13.1 Å². The highest BCUT2D eigenvalue weighted by molar-refractivity contribution is 5.15. The van der Waals surface area contributed by atoms with Gasteiger partial charge in [-0.25, -0.2) is 0 Å². The van der Waals surface area contributed by atoms with E-state index in [4.69, 9.17) is 10.3 Å². The van der Waals surface area contributed by atoms with Crippen molar-refractivity contribution in [1.82, 2.24) is 15.1 Å². The number of hydrogen-bond acceptors (Lipinski definition) is 5. The van der Waals surface area contributed by atoms with E-state index in [1.54, 1.807) is 13.1 Å². The highest BCUT2D eigenvalue weighted by Gasteiger charge is 2.15. The average molecular weight is 190 g/mol. The molecule has 0 aromatic carbocycles. The predicted molar refractivity (Wildman–Crippen MR) is 49.3 cm³/mol. The topological polar surface area (TPSA) is 77.8 Å². The summed E-state index contributed by atoms with van der Waals surface area (Å²) in [6.07, 6.45) is 1.68. The van der Waals surface area contributed by atoms with Gasteiger partial charge in [-0.2, -0.15) is 4.98 Å². The lowest BCUT2D eigenvalue weighted by Crippen LogP contribution is -2.14. The molecule has 0 saturated carbocycles. The lowest BCUT2D eigenvalue weighted by molar-refractivity contribution is 0.385. The molecular formula is C9H10N4O. The fraction of sp³-hybridized carbons (Fsp3) is 0.222. The molecule has 0 amide bonds. The van der Waals surface area contributed by atoms with Gasteiger partial charge >= 0.3 is 0 Å². The second kappa shape index (κ2) is 3.55. The summed E-state index contributed by atoms with van der Waals surface area (Å²) in [6.45, 7) is 1.72. The quantitative estimate of drug-likeness (QED) is 0.758. The molecule has 2 heterocycles. The molecule has 72 valence electrons. The van der Waals surface area contributed by atoms with E-state index in [2.05, 4.69) is 15.1 Å². The molecule has 2 aromatic rings. The third-order valence-corrected chi connectivity index (χ3v) is 1.83. The van der Waals surface area contributed by atoms with E-state index >= 15 is 0 Å². The van der Waals surface area contributed by atoms with Crippen LogP contribution >= 0.6 is 0 Å². The number of pyridine rings is 1. The predicted octanol–water partition coefficient (Wildman–Crippen LogP) is 0.821. The molecule has 2 rings (SSSR count). The molecule has 0 aliphatic carbocycles. The van der Waals surface area contributed by atoms with E-state index in [1.165, 1.54) is 0 Å². The number of hydrogen-bond donors (Lipinski definition) is 1. The molecule has 2 N–H and O–H groups in total. The van der Waals surface area contributed by atoms with Crippen molar-refractivity contribution in [1.29, 1.82) is 0 Å². The van der Waals surface area contributed by atoms with Crippen LogP contribution in [0.25, 0.3) is 0 Å². The summed E-state index contributed by atoms with van der Waals surface area (Å²) in [6, 6.07) is 5.11. The van der Waals surface area contributed by atoms with Crippen LogP contribution in [0, 0.1) is 6.92 Å². The lowest BCUT2D eigenvalue weighted by atomic mass is 10.2. The van der Waals surface area contributed by atoms with Crippen LogP contribution in [0.5, 0.6) is 0 Å². The van der Waals surface area contributed by atoms with Gasteiger partial charge in [0.05, 0.1) is 5.69 Å². The Labute approximate surface area is 81.0 Å². The summed E-state index contributed by atoms with van der Waals surface area (Å²) >= 11 is 0. The minimum absolute atomic E-state index is 0.423. The van der Waals surface area contributed by atoms with Gasteiger partial charge < -0.3 is 10.3 Å². The van der Waals surface area contributed by atoms with Crippen LogP contribution in [0.2, 0.25) is 0 Å². The zero-order chi connectivity index (χ0) is 9.97. The van der Waals surface area contributed by atoms with E-state index in [0.717, 1.165) is 5.69 Å². The summed E-state index contributed by atoms with van der Waals surface area (Å²) < 4.78 is 4.84. The normalized spacial score (nSPS) is 12.7. The summed E-state index contributed by atoms with van der Waals surface area (Å²) in [4.78, 5) is 8.16. The molecule has 5 heteroatoms. The number of aryl methyl sites for hydroxylation is 1. The molecule has 0 saturated heterocycles. The Morgan fingerprint density at radius 2 is 2.29 bits per heavy atom. The zero-order valence-corrected chi connectivity index (χ0v) is 7.71. The first-order chi connectivity index (χ1) is 6.77. The Kier molecular flexibility index (Phi) is 2.24. The SMILES string of the molecule is Cc1nc(C(N)c2ccccn2)no1. The third kappa shape index (κ3) is 1.62. The number of nitrogens with two attached hydrogens (primary N) is 1. The zero-order valence-electron chi connectivity index (χ0n) is 7.71. The molecule has 0 spiro atoms. The third-order valence-electron chi connectivity index (χ3n) is 1.83. The summed E-state index contributed by atoms with van der Waals surface area (Å²) in [5.41, 5.74) is 6.61. The van der Waals surface area contributed by atoms with Crippen LogP contribution in [-0.2, 0) is 0 Å². The Morgan fingerprint density at radius 1 is 1.43 bits per heavy atom. The van der Waals surface area contributed by atoms with E-state index in [9.17, 15) is 0 Å². The molecule has 2 aromatic heterocycles. The summed E-state index contributed by atoms with van der Waals surface area (Å²) in [7, 11) is 0. The Hall–Kier alpha value is -1.75. The maximum atomic E-state index is 5.88. The van der Waals surface area contributed by atoms with E-state index < -0.39 is 6.04 Å². The van der Waals surface area contributed by atoms with Gasteiger partial charge in [0.25, 0.3) is 0 Å². The number of nitrogens with zero attached hydrogens (tertiary/aromatic N) is 3. The summed E-state index contributed by atoms with van der Waals surface area (Å²) in [5.74, 6) is 0.965. The van der Waals surface area contributed by atoms with Crippen molar-refractivity contribution in [3.63, 3.8) is 0 Å². The van der Waals surface area contributed by atoms with Gasteiger partial charge in [0.2, 0.25) is 5.89 Å². The van der Waals surface area contributed by atoms with Crippen molar-refractivity contribution in [3.8, 4) is 0 Å². The maximum Gasteiger partial charge on any atom is 0.223 e. The summed E-state index contributed by atoms with van der Waals surface area (Å²) in [5, 5.41) is 3.74. The highest BCUT2D eigenvalue weighted by atomic mass is 16.5. The van der Waals surface area contributed by atoms with Gasteiger partial charge in [-0.05, 0) is 12.1 Å². The van der Waals surface area contributed by atoms with Crippen LogP contribution in [0.1, 0.15) is 23.5 Å². The number of rotatable bonds is 2. The standard InChI is InChI=1S/C9H10N4O/c1-6-12-9(13-14-6)8(10)7-4-2-3-5-11-7/h2-5,8H,10H2,1H3. The lowest BCUT2D eigenvalue weighted by Gasteiger charge is -2.04. The average Bonchev–Trinajstić information content (AvgIpc) is 2.65. The first-order valence-electron chi connectivity index (χ1n) is 4.24. The first kappa shape index (κ1) is 8.83. The highest BCUT2D eigenvalue weighted by Crippen LogP contribution is 2.13. The fourth-order valence-electron chi connectivity index (χ4n) is 1.13. The maximum absolute atomic E-state index is 5.88. The van der Waals surface area contributed by atoms with Crippen molar-refractivity contribution in [2.45, 2.75) is 13.0 Å². The van der Waals surface area contributed by atoms with E-state index in [-0.39, 0.29) is 0 Å². The van der Waals surface area contributed by atoms with Gasteiger partial charge in [-0.15, -0.1) is 0 Å². The van der Waals surface area contributed by atoms with Crippen LogP contribution in [0.4, 0.5) is 0 Å². The minimum Gasteiger partial charge on any atom is -0.340 e. The molecule has 5 nitrogen and oxygen atoms in total. The van der Waals surface area contributed by atoms with Crippen molar-refractivity contribution in [3.05, 3.63) is 41.8 Å². The van der Waals surface area contributed by atoms with Gasteiger partial charge in [-0.3, -0.25) is 4.98 Å². The van der Waals surface area contributed by atoms with Crippen LogP contribution in [-0.4, -0.2) is 15.1 Å². The Balaban J connectivity index is 2.29. The largest absolute Gasteiger partial charge is 0.340 e. The molecule has 0 radical (unpaired) electrons. The fourth-order valence-corrected chi connectivity index (χ4v) is 1.13. The van der Waals surface area contributed by atoms with Gasteiger partial charge in [0.1, 0.15) is 6.04 Å². The van der Waals surface area contributed by atoms with Gasteiger partial charge in [-0.1, -0.05) is 11.2 Å². The minimum atomic E-state index is -0.423. The van der Waals surface area contributed by atoms with Crippen molar-refractivity contribution < 1.29 is 4.52 Å². The number of aromatic nitrogens is 3. The molecule has 0 fully saturated rings.